The molecule has 1 aliphatic rings. The molecule has 0 aromatic heterocycles. The molecule has 6 heteroatoms. The minimum absolute atomic E-state index is 0.127. The summed E-state index contributed by atoms with van der Waals surface area (Å²) in [4.78, 5) is 14.1. The van der Waals surface area contributed by atoms with Gasteiger partial charge in [-0.15, -0.1) is 0 Å². The number of nitrogens with zero attached hydrogens (tertiary/aromatic N) is 2. The molecule has 0 unspecified atom stereocenters. The molecule has 0 heterocycles. The van der Waals surface area contributed by atoms with Crippen LogP contribution in [0.15, 0.2) is 22.7 Å². The summed E-state index contributed by atoms with van der Waals surface area (Å²) in [6, 6.07) is 8.04. The first-order chi connectivity index (χ1) is 10.9. The van der Waals surface area contributed by atoms with E-state index >= 15 is 0 Å². The molecule has 1 amide bonds. The Morgan fingerprint density at radius 3 is 2.83 bits per heavy atom. The van der Waals surface area contributed by atoms with Crippen LogP contribution in [0.5, 0.6) is 5.75 Å². The van der Waals surface area contributed by atoms with Crippen LogP contribution >= 0.6 is 15.9 Å². The number of rotatable bonds is 7. The van der Waals surface area contributed by atoms with Crippen molar-refractivity contribution in [3.05, 3.63) is 28.2 Å². The van der Waals surface area contributed by atoms with E-state index in [2.05, 4.69) is 27.3 Å². The Bertz CT molecular complexity index is 625. The Hall–Kier alpha value is -1.58. The molecule has 1 N–H and O–H groups in total. The van der Waals surface area contributed by atoms with E-state index < -0.39 is 5.54 Å². The van der Waals surface area contributed by atoms with Gasteiger partial charge in [0.15, 0.2) is 0 Å². The fourth-order valence-corrected chi connectivity index (χ4v) is 3.08. The Morgan fingerprint density at radius 1 is 1.57 bits per heavy atom. The van der Waals surface area contributed by atoms with Gasteiger partial charge < -0.3 is 10.1 Å². The van der Waals surface area contributed by atoms with Gasteiger partial charge in [-0.2, -0.15) is 5.26 Å². The quantitative estimate of drug-likeness (QED) is 0.790. The highest BCUT2D eigenvalue weighted by Crippen LogP contribution is 2.39. The molecule has 2 rings (SSSR count). The highest BCUT2D eigenvalue weighted by Gasteiger charge is 2.43. The normalized spacial score (nSPS) is 16.5. The van der Waals surface area contributed by atoms with E-state index in [1.807, 2.05) is 30.1 Å². The van der Waals surface area contributed by atoms with Crippen LogP contribution in [0.25, 0.3) is 0 Å². The number of nitrogens with one attached hydrogen (secondary N) is 1. The lowest BCUT2D eigenvalue weighted by atomic mass is 9.98. The fourth-order valence-electron chi connectivity index (χ4n) is 2.67. The van der Waals surface area contributed by atoms with Gasteiger partial charge in [-0.3, -0.25) is 9.69 Å². The first kappa shape index (κ1) is 17.8. The van der Waals surface area contributed by atoms with Gasteiger partial charge in [-0.1, -0.05) is 15.9 Å². The number of hydrogen-bond acceptors (Lipinski definition) is 4. The molecule has 1 saturated carbocycles. The van der Waals surface area contributed by atoms with E-state index in [-0.39, 0.29) is 18.4 Å². The predicted octanol–water partition coefficient (Wildman–Crippen LogP) is 2.70. The van der Waals surface area contributed by atoms with E-state index in [1.54, 1.807) is 14.0 Å². The maximum Gasteiger partial charge on any atom is 0.235 e. The van der Waals surface area contributed by atoms with Crippen molar-refractivity contribution in [2.24, 2.45) is 5.92 Å². The van der Waals surface area contributed by atoms with Crippen LogP contribution in [0.1, 0.15) is 25.3 Å². The third kappa shape index (κ3) is 4.69. The number of carbonyl (C=O) groups is 1. The summed E-state index contributed by atoms with van der Waals surface area (Å²) >= 11 is 3.45. The van der Waals surface area contributed by atoms with E-state index in [4.69, 9.17) is 4.74 Å². The average molecular weight is 380 g/mol. The second-order valence-electron chi connectivity index (χ2n) is 6.27. The van der Waals surface area contributed by atoms with Gasteiger partial charge in [0.05, 0.1) is 19.7 Å². The van der Waals surface area contributed by atoms with Crippen LogP contribution in [-0.2, 0) is 11.3 Å². The largest absolute Gasteiger partial charge is 0.496 e. The monoisotopic (exact) mass is 379 g/mol. The van der Waals surface area contributed by atoms with Gasteiger partial charge in [0.25, 0.3) is 0 Å². The molecule has 1 fully saturated rings. The van der Waals surface area contributed by atoms with Gasteiger partial charge in [-0.05, 0) is 50.9 Å². The fraction of sp³-hybridized carbons (Fsp3) is 0.529. The molecule has 23 heavy (non-hydrogen) atoms. The first-order valence-corrected chi connectivity index (χ1v) is 8.40. The molecule has 0 radical (unpaired) electrons. The van der Waals surface area contributed by atoms with Crippen molar-refractivity contribution in [1.29, 1.82) is 5.26 Å². The Morgan fingerprint density at radius 2 is 2.26 bits per heavy atom. The highest BCUT2D eigenvalue weighted by molar-refractivity contribution is 9.10. The second kappa shape index (κ2) is 7.33. The molecule has 0 bridgehead atoms. The predicted molar refractivity (Wildman–Crippen MR) is 91.9 cm³/mol. The van der Waals surface area contributed by atoms with Crippen molar-refractivity contribution < 1.29 is 9.53 Å². The zero-order valence-electron chi connectivity index (χ0n) is 13.7. The SMILES string of the molecule is COc1ccc(Br)cc1CN(C)CC(=O)N[C@@](C)(C#N)C1CC1. The van der Waals surface area contributed by atoms with E-state index in [0.717, 1.165) is 28.6 Å². The van der Waals surface area contributed by atoms with Gasteiger partial charge >= 0.3 is 0 Å². The number of hydrogen-bond donors (Lipinski definition) is 1. The maximum absolute atomic E-state index is 12.2. The molecule has 1 atom stereocenters. The zero-order chi connectivity index (χ0) is 17.0. The molecule has 0 aliphatic heterocycles. The zero-order valence-corrected chi connectivity index (χ0v) is 15.3. The van der Waals surface area contributed by atoms with Crippen LogP contribution in [-0.4, -0.2) is 37.0 Å². The van der Waals surface area contributed by atoms with Gasteiger partial charge in [0.1, 0.15) is 11.3 Å². The number of nitriles is 1. The molecule has 124 valence electrons. The first-order valence-electron chi connectivity index (χ1n) is 7.61. The third-order valence-electron chi connectivity index (χ3n) is 4.12. The van der Waals surface area contributed by atoms with E-state index in [0.29, 0.717) is 6.54 Å². The Balaban J connectivity index is 1.94. The summed E-state index contributed by atoms with van der Waals surface area (Å²) in [6.07, 6.45) is 2.02. The Labute approximate surface area is 145 Å². The molecule has 0 spiro atoms. The van der Waals surface area contributed by atoms with Gasteiger partial charge in [0.2, 0.25) is 5.91 Å². The standard InChI is InChI=1S/C17H22BrN3O2/c1-17(11-19,13-4-5-13)20-16(22)10-21(2)9-12-8-14(18)6-7-15(12)23-3/h6-8,13H,4-5,9-10H2,1-3H3,(H,20,22)/t17-/m0/s1. The smallest absolute Gasteiger partial charge is 0.235 e. The molecule has 5 nitrogen and oxygen atoms in total. The van der Waals surface area contributed by atoms with E-state index in [1.165, 1.54) is 0 Å². The van der Waals surface area contributed by atoms with Crippen molar-refractivity contribution in [3.63, 3.8) is 0 Å². The Kier molecular flexibility index (Phi) is 5.66. The van der Waals surface area contributed by atoms with Crippen molar-refractivity contribution in [2.45, 2.75) is 31.8 Å². The van der Waals surface area contributed by atoms with Crippen molar-refractivity contribution in [3.8, 4) is 11.8 Å². The van der Waals surface area contributed by atoms with Crippen LogP contribution in [0.4, 0.5) is 0 Å². The molecule has 1 aromatic carbocycles. The van der Waals surface area contributed by atoms with Gasteiger partial charge in [0, 0.05) is 16.6 Å². The molecular weight excluding hydrogens is 358 g/mol. The highest BCUT2D eigenvalue weighted by atomic mass is 79.9. The van der Waals surface area contributed by atoms with Crippen LogP contribution in [0.2, 0.25) is 0 Å². The van der Waals surface area contributed by atoms with Crippen LogP contribution < -0.4 is 10.1 Å². The molecule has 1 aliphatic carbocycles. The van der Waals surface area contributed by atoms with Crippen molar-refractivity contribution in [1.82, 2.24) is 10.2 Å². The number of ether oxygens (including phenoxy) is 1. The number of methoxy groups -OCH3 is 1. The number of amides is 1. The molecule has 0 saturated heterocycles. The lowest BCUT2D eigenvalue weighted by Crippen LogP contribution is -2.49. The summed E-state index contributed by atoms with van der Waals surface area (Å²) in [5.74, 6) is 0.949. The van der Waals surface area contributed by atoms with Crippen LogP contribution in [0, 0.1) is 17.2 Å². The summed E-state index contributed by atoms with van der Waals surface area (Å²) in [5, 5.41) is 12.2. The number of likely N-dealkylation sites (N-methyl/N-ethyl adjacent to an activating group) is 1. The minimum Gasteiger partial charge on any atom is -0.496 e. The summed E-state index contributed by atoms with van der Waals surface area (Å²) < 4.78 is 6.32. The lowest BCUT2D eigenvalue weighted by Gasteiger charge is -2.25. The number of halogens is 1. The minimum atomic E-state index is -0.745. The molecular formula is C17H22BrN3O2. The average Bonchev–Trinajstić information content (AvgIpc) is 3.32. The summed E-state index contributed by atoms with van der Waals surface area (Å²) in [7, 11) is 3.51. The van der Waals surface area contributed by atoms with Crippen molar-refractivity contribution >= 4 is 21.8 Å². The number of benzene rings is 1. The summed E-state index contributed by atoms with van der Waals surface area (Å²) in [5.41, 5.74) is 0.258. The lowest BCUT2D eigenvalue weighted by molar-refractivity contribution is -0.123. The van der Waals surface area contributed by atoms with E-state index in [9.17, 15) is 10.1 Å². The maximum atomic E-state index is 12.2. The summed E-state index contributed by atoms with van der Waals surface area (Å²) in [6.45, 7) is 2.63. The van der Waals surface area contributed by atoms with Gasteiger partial charge in [-0.25, -0.2) is 0 Å². The van der Waals surface area contributed by atoms with Crippen molar-refractivity contribution in [2.75, 3.05) is 20.7 Å². The second-order valence-corrected chi connectivity index (χ2v) is 7.18. The number of carbonyl (C=O) groups excluding carboxylic acids is 1. The molecule has 1 aromatic rings. The third-order valence-corrected chi connectivity index (χ3v) is 4.61. The van der Waals surface area contributed by atoms with Crippen LogP contribution in [0.3, 0.4) is 0 Å². The topological polar surface area (TPSA) is 65.4 Å².